The molecular formula is C30H32BrN3O5S. The summed E-state index contributed by atoms with van der Waals surface area (Å²) in [6.07, 6.45) is 1.17. The first-order chi connectivity index (χ1) is 19.2. The van der Waals surface area contributed by atoms with Gasteiger partial charge >= 0.3 is 0 Å². The molecule has 8 nitrogen and oxygen atoms in total. The molecule has 3 aromatic carbocycles. The minimum Gasteiger partial charge on any atom is -0.354 e. The summed E-state index contributed by atoms with van der Waals surface area (Å²) in [4.78, 5) is 41.5. The molecule has 0 spiro atoms. The Morgan fingerprint density at radius 3 is 2.38 bits per heavy atom. The number of amides is 3. The van der Waals surface area contributed by atoms with Gasteiger partial charge in [-0.15, -0.1) is 0 Å². The molecule has 10 heteroatoms. The van der Waals surface area contributed by atoms with E-state index < -0.39 is 22.0 Å². The van der Waals surface area contributed by atoms with Gasteiger partial charge in [0.05, 0.1) is 5.56 Å². The lowest BCUT2D eigenvalue weighted by atomic mass is 10.0. The zero-order valence-corrected chi connectivity index (χ0v) is 24.7. The highest BCUT2D eigenvalue weighted by molar-refractivity contribution is 9.10. The van der Waals surface area contributed by atoms with Gasteiger partial charge < -0.3 is 10.2 Å². The van der Waals surface area contributed by atoms with E-state index in [0.29, 0.717) is 13.0 Å². The van der Waals surface area contributed by atoms with Crippen LogP contribution in [0.3, 0.4) is 0 Å². The van der Waals surface area contributed by atoms with E-state index in [0.717, 1.165) is 26.3 Å². The lowest BCUT2D eigenvalue weighted by molar-refractivity contribution is -0.141. The van der Waals surface area contributed by atoms with E-state index >= 15 is 0 Å². The van der Waals surface area contributed by atoms with Gasteiger partial charge in [-0.1, -0.05) is 77.5 Å². The van der Waals surface area contributed by atoms with Crippen LogP contribution in [-0.2, 0) is 32.6 Å². The maximum atomic E-state index is 13.8. The second kappa shape index (κ2) is 13.2. The summed E-state index contributed by atoms with van der Waals surface area (Å²) in [6.45, 7) is 2.51. The second-order valence-electron chi connectivity index (χ2n) is 9.63. The number of rotatable bonds is 12. The van der Waals surface area contributed by atoms with E-state index in [9.17, 15) is 22.8 Å². The molecule has 0 saturated heterocycles. The van der Waals surface area contributed by atoms with Crippen LogP contribution in [0.2, 0.25) is 0 Å². The third kappa shape index (κ3) is 6.79. The Labute approximate surface area is 243 Å². The highest BCUT2D eigenvalue weighted by Gasteiger charge is 2.40. The van der Waals surface area contributed by atoms with E-state index in [1.807, 2.05) is 61.5 Å². The number of carbonyl (C=O) groups excluding carboxylic acids is 3. The minimum atomic E-state index is -3.96. The third-order valence-corrected chi connectivity index (χ3v) is 9.06. The molecule has 3 amide bonds. The van der Waals surface area contributed by atoms with Crippen molar-refractivity contribution in [1.29, 1.82) is 0 Å². The summed E-state index contributed by atoms with van der Waals surface area (Å²) in [5, 5.41) is 2.94. The molecule has 0 fully saturated rings. The summed E-state index contributed by atoms with van der Waals surface area (Å²) in [5.41, 5.74) is 1.90. The van der Waals surface area contributed by atoms with Crippen LogP contribution in [0.4, 0.5) is 0 Å². The first-order valence-corrected chi connectivity index (χ1v) is 15.5. The van der Waals surface area contributed by atoms with E-state index in [1.165, 1.54) is 12.1 Å². The lowest BCUT2D eigenvalue weighted by Crippen LogP contribution is -2.50. The standard InChI is InChI=1S/C30H32BrN3O5S/c1-2-17-32-29(36)26(20-22-10-4-3-5-11-22)33(21-23-12-8-13-24(31)19-23)28(35)16-9-18-34-30(37)25-14-6-7-15-27(25)40(34,38)39/h3-8,10-15,19,26H,2,9,16-18,20-21H2,1H3,(H,32,36)/t26-/m0/s1. The summed E-state index contributed by atoms with van der Waals surface area (Å²) >= 11 is 3.47. The van der Waals surface area contributed by atoms with Gasteiger partial charge in [-0.3, -0.25) is 14.4 Å². The Bertz CT molecular complexity index is 1480. The van der Waals surface area contributed by atoms with Crippen LogP contribution in [0.15, 0.2) is 88.2 Å². The maximum absolute atomic E-state index is 13.8. The minimum absolute atomic E-state index is 0.0156. The van der Waals surface area contributed by atoms with Crippen molar-refractivity contribution in [2.24, 2.45) is 0 Å². The van der Waals surface area contributed by atoms with E-state index in [1.54, 1.807) is 17.0 Å². The van der Waals surface area contributed by atoms with Crippen molar-refractivity contribution in [2.75, 3.05) is 13.1 Å². The van der Waals surface area contributed by atoms with E-state index in [-0.39, 0.29) is 48.2 Å². The Morgan fingerprint density at radius 2 is 1.68 bits per heavy atom. The molecule has 40 heavy (non-hydrogen) atoms. The summed E-state index contributed by atoms with van der Waals surface area (Å²) in [7, 11) is -3.96. The Balaban J connectivity index is 1.56. The SMILES string of the molecule is CCCNC(=O)[C@H](Cc1ccccc1)N(Cc1cccc(Br)c1)C(=O)CCCN1C(=O)c2ccccc2S1(=O)=O. The topological polar surface area (TPSA) is 104 Å². The summed E-state index contributed by atoms with van der Waals surface area (Å²) in [5.74, 6) is -1.13. The van der Waals surface area contributed by atoms with Crippen molar-refractivity contribution in [2.45, 2.75) is 50.1 Å². The number of hydrogen-bond donors (Lipinski definition) is 1. The van der Waals surface area contributed by atoms with Crippen LogP contribution in [0.1, 0.15) is 47.7 Å². The smallest absolute Gasteiger partial charge is 0.269 e. The number of halogens is 1. The molecular weight excluding hydrogens is 594 g/mol. The second-order valence-corrected chi connectivity index (χ2v) is 12.4. The quantitative estimate of drug-likeness (QED) is 0.318. The first-order valence-electron chi connectivity index (χ1n) is 13.2. The lowest BCUT2D eigenvalue weighted by Gasteiger charge is -2.32. The Hall–Kier alpha value is -3.50. The highest BCUT2D eigenvalue weighted by atomic mass is 79.9. The molecule has 0 aliphatic carbocycles. The molecule has 0 unspecified atom stereocenters. The number of nitrogens with one attached hydrogen (secondary N) is 1. The van der Waals surface area contributed by atoms with Crippen molar-refractivity contribution in [3.05, 3.63) is 100 Å². The molecule has 1 heterocycles. The zero-order valence-electron chi connectivity index (χ0n) is 22.3. The Morgan fingerprint density at radius 1 is 0.975 bits per heavy atom. The van der Waals surface area contributed by atoms with Crippen molar-refractivity contribution in [3.63, 3.8) is 0 Å². The van der Waals surface area contributed by atoms with E-state index in [2.05, 4.69) is 21.2 Å². The van der Waals surface area contributed by atoms with Gasteiger partial charge in [0, 0.05) is 36.9 Å². The van der Waals surface area contributed by atoms with Crippen LogP contribution in [0, 0.1) is 0 Å². The molecule has 1 atom stereocenters. The number of hydrogen-bond acceptors (Lipinski definition) is 5. The van der Waals surface area contributed by atoms with Crippen LogP contribution in [-0.4, -0.2) is 54.5 Å². The van der Waals surface area contributed by atoms with Crippen LogP contribution in [0.25, 0.3) is 0 Å². The Kier molecular flexibility index (Phi) is 9.76. The van der Waals surface area contributed by atoms with Gasteiger partial charge in [-0.05, 0) is 48.2 Å². The normalized spacial score (nSPS) is 14.4. The zero-order chi connectivity index (χ0) is 28.7. The largest absolute Gasteiger partial charge is 0.354 e. The fourth-order valence-corrected chi connectivity index (χ4v) is 6.78. The van der Waals surface area contributed by atoms with Gasteiger partial charge in [0.25, 0.3) is 15.9 Å². The number of fused-ring (bicyclic) bond motifs is 1. The monoisotopic (exact) mass is 625 g/mol. The molecule has 0 radical (unpaired) electrons. The fourth-order valence-electron chi connectivity index (χ4n) is 4.72. The highest BCUT2D eigenvalue weighted by Crippen LogP contribution is 2.30. The van der Waals surface area contributed by atoms with Crippen molar-refractivity contribution < 1.29 is 22.8 Å². The molecule has 1 aliphatic heterocycles. The maximum Gasteiger partial charge on any atom is 0.269 e. The van der Waals surface area contributed by atoms with Crippen LogP contribution >= 0.6 is 15.9 Å². The predicted molar refractivity (Wildman–Crippen MR) is 156 cm³/mol. The van der Waals surface area contributed by atoms with Crippen molar-refractivity contribution in [1.82, 2.24) is 14.5 Å². The van der Waals surface area contributed by atoms with Gasteiger partial charge in [0.2, 0.25) is 11.8 Å². The average Bonchev–Trinajstić information content (AvgIpc) is 3.14. The first kappa shape index (κ1) is 29.5. The molecule has 0 saturated carbocycles. The molecule has 4 rings (SSSR count). The van der Waals surface area contributed by atoms with Gasteiger partial charge in [0.1, 0.15) is 10.9 Å². The molecule has 210 valence electrons. The third-order valence-electron chi connectivity index (χ3n) is 6.73. The van der Waals surface area contributed by atoms with Gasteiger partial charge in [-0.2, -0.15) is 0 Å². The number of nitrogens with zero attached hydrogens (tertiary/aromatic N) is 2. The fraction of sp³-hybridized carbons (Fsp3) is 0.300. The van der Waals surface area contributed by atoms with Gasteiger partial charge in [0.15, 0.2) is 0 Å². The average molecular weight is 627 g/mol. The molecule has 0 bridgehead atoms. The van der Waals surface area contributed by atoms with E-state index in [4.69, 9.17) is 0 Å². The summed E-state index contributed by atoms with van der Waals surface area (Å²) in [6, 6.07) is 22.4. The molecule has 1 N–H and O–H groups in total. The molecule has 1 aliphatic rings. The number of sulfonamides is 1. The predicted octanol–water partition coefficient (Wildman–Crippen LogP) is 4.54. The van der Waals surface area contributed by atoms with Gasteiger partial charge in [-0.25, -0.2) is 12.7 Å². The molecule has 0 aromatic heterocycles. The van der Waals surface area contributed by atoms with Crippen LogP contribution in [0.5, 0.6) is 0 Å². The van der Waals surface area contributed by atoms with Crippen LogP contribution < -0.4 is 5.32 Å². The summed E-state index contributed by atoms with van der Waals surface area (Å²) < 4.78 is 27.5. The number of carbonyl (C=O) groups is 3. The number of benzene rings is 3. The van der Waals surface area contributed by atoms with Crippen molar-refractivity contribution in [3.8, 4) is 0 Å². The molecule has 3 aromatic rings. The van der Waals surface area contributed by atoms with Crippen molar-refractivity contribution >= 4 is 43.7 Å².